The van der Waals surface area contributed by atoms with E-state index in [2.05, 4.69) is 9.97 Å². The van der Waals surface area contributed by atoms with Gasteiger partial charge in [0.2, 0.25) is 0 Å². The van der Waals surface area contributed by atoms with Crippen molar-refractivity contribution in [3.05, 3.63) is 44.5 Å². The van der Waals surface area contributed by atoms with Gasteiger partial charge in [-0.25, -0.2) is 0 Å². The predicted molar refractivity (Wildman–Crippen MR) is 76.7 cm³/mol. The molecule has 0 radical (unpaired) electrons. The van der Waals surface area contributed by atoms with Gasteiger partial charge in [-0.1, -0.05) is 25.3 Å². The highest BCUT2D eigenvalue weighted by Crippen LogP contribution is 2.34. The minimum Gasteiger partial charge on any atom is -0.388 e. The van der Waals surface area contributed by atoms with Crippen LogP contribution in [0.3, 0.4) is 0 Å². The van der Waals surface area contributed by atoms with Gasteiger partial charge in [-0.2, -0.15) is 0 Å². The molecular formula is C15H18N2O3. The summed E-state index contributed by atoms with van der Waals surface area (Å²) in [6, 6.07) is 5.30. The Kier molecular flexibility index (Phi) is 3.44. The first kappa shape index (κ1) is 13.1. The van der Waals surface area contributed by atoms with E-state index in [0.717, 1.165) is 18.4 Å². The maximum Gasteiger partial charge on any atom is 0.314 e. The molecule has 0 bridgehead atoms. The minimum absolute atomic E-state index is 0.288. The summed E-state index contributed by atoms with van der Waals surface area (Å²) in [4.78, 5) is 27.7. The number of hydrogen-bond donors (Lipinski definition) is 3. The Morgan fingerprint density at radius 2 is 1.65 bits per heavy atom. The normalized spacial score (nSPS) is 18.2. The van der Waals surface area contributed by atoms with Gasteiger partial charge in [0.05, 0.1) is 17.1 Å². The SMILES string of the molecule is O=c1[nH]c2ccc(C(O)C3CCCCC3)cc2[nH]c1=O. The summed E-state index contributed by atoms with van der Waals surface area (Å²) in [5, 5.41) is 10.5. The zero-order valence-corrected chi connectivity index (χ0v) is 11.2. The molecule has 1 heterocycles. The van der Waals surface area contributed by atoms with Crippen molar-refractivity contribution in [2.24, 2.45) is 5.92 Å². The molecule has 0 saturated heterocycles. The number of nitrogens with one attached hydrogen (secondary N) is 2. The summed E-state index contributed by atoms with van der Waals surface area (Å²) in [6.07, 6.45) is 5.16. The van der Waals surface area contributed by atoms with E-state index in [4.69, 9.17) is 0 Å². The molecule has 0 amide bonds. The molecule has 1 fully saturated rings. The number of H-pyrrole nitrogens is 2. The van der Waals surface area contributed by atoms with Crippen LogP contribution in [0, 0.1) is 5.92 Å². The van der Waals surface area contributed by atoms with Crippen molar-refractivity contribution in [3.8, 4) is 0 Å². The third-order valence-electron chi connectivity index (χ3n) is 4.18. The van der Waals surface area contributed by atoms with Gasteiger partial charge in [0.15, 0.2) is 0 Å². The molecule has 1 atom stereocenters. The molecule has 5 heteroatoms. The zero-order chi connectivity index (χ0) is 14.1. The summed E-state index contributed by atoms with van der Waals surface area (Å²) >= 11 is 0. The van der Waals surface area contributed by atoms with Crippen molar-refractivity contribution in [2.45, 2.75) is 38.2 Å². The Hall–Kier alpha value is -1.88. The van der Waals surface area contributed by atoms with E-state index >= 15 is 0 Å². The third kappa shape index (κ3) is 2.41. The van der Waals surface area contributed by atoms with Crippen molar-refractivity contribution >= 4 is 11.0 Å². The smallest absolute Gasteiger partial charge is 0.314 e. The molecule has 1 aromatic carbocycles. The Balaban J connectivity index is 1.97. The molecule has 1 aliphatic rings. The van der Waals surface area contributed by atoms with Crippen LogP contribution in [0.25, 0.3) is 11.0 Å². The molecule has 20 heavy (non-hydrogen) atoms. The van der Waals surface area contributed by atoms with Crippen LogP contribution in [0.15, 0.2) is 27.8 Å². The van der Waals surface area contributed by atoms with Crippen LogP contribution in [-0.2, 0) is 0 Å². The van der Waals surface area contributed by atoms with Gasteiger partial charge in [0, 0.05) is 0 Å². The van der Waals surface area contributed by atoms with Crippen LogP contribution in [-0.4, -0.2) is 15.1 Å². The number of aromatic nitrogens is 2. The number of aliphatic hydroxyl groups excluding tert-OH is 1. The van der Waals surface area contributed by atoms with Gasteiger partial charge < -0.3 is 15.1 Å². The number of aliphatic hydroxyl groups is 1. The lowest BCUT2D eigenvalue weighted by atomic mass is 9.83. The molecule has 5 nitrogen and oxygen atoms in total. The van der Waals surface area contributed by atoms with Crippen LogP contribution in [0.5, 0.6) is 0 Å². The monoisotopic (exact) mass is 274 g/mol. The molecule has 1 saturated carbocycles. The van der Waals surface area contributed by atoms with E-state index in [0.29, 0.717) is 11.0 Å². The minimum atomic E-state index is -0.665. The highest BCUT2D eigenvalue weighted by Gasteiger charge is 2.23. The van der Waals surface area contributed by atoms with E-state index in [-0.39, 0.29) is 5.92 Å². The standard InChI is InChI=1S/C15H18N2O3/c18-13(9-4-2-1-3-5-9)10-6-7-11-12(8-10)17-15(20)14(19)16-11/h6-9,13,18H,1-5H2,(H,16,19)(H,17,20). The predicted octanol–water partition coefficient (Wildman–Crippen LogP) is 1.83. The third-order valence-corrected chi connectivity index (χ3v) is 4.18. The van der Waals surface area contributed by atoms with Gasteiger partial charge in [0.25, 0.3) is 0 Å². The molecule has 1 aromatic heterocycles. The Morgan fingerprint density at radius 3 is 2.35 bits per heavy atom. The summed E-state index contributed by atoms with van der Waals surface area (Å²) in [7, 11) is 0. The zero-order valence-electron chi connectivity index (χ0n) is 11.2. The Morgan fingerprint density at radius 1 is 1.00 bits per heavy atom. The fourth-order valence-electron chi connectivity index (χ4n) is 3.04. The first-order valence-corrected chi connectivity index (χ1v) is 7.09. The molecule has 3 N–H and O–H groups in total. The second-order valence-electron chi connectivity index (χ2n) is 5.56. The van der Waals surface area contributed by atoms with Crippen LogP contribution in [0.2, 0.25) is 0 Å². The fourth-order valence-corrected chi connectivity index (χ4v) is 3.04. The topological polar surface area (TPSA) is 85.9 Å². The van der Waals surface area contributed by atoms with Crippen molar-refractivity contribution in [1.29, 1.82) is 0 Å². The first-order valence-electron chi connectivity index (χ1n) is 7.09. The van der Waals surface area contributed by atoms with E-state index in [9.17, 15) is 14.7 Å². The summed E-state index contributed by atoms with van der Waals surface area (Å²) < 4.78 is 0. The molecule has 106 valence electrons. The number of aromatic amines is 2. The summed E-state index contributed by atoms with van der Waals surface area (Å²) in [5.41, 5.74) is 0.614. The second-order valence-corrected chi connectivity index (χ2v) is 5.56. The van der Waals surface area contributed by atoms with E-state index in [1.165, 1.54) is 19.3 Å². The van der Waals surface area contributed by atoms with E-state index in [1.807, 2.05) is 6.07 Å². The van der Waals surface area contributed by atoms with Crippen LogP contribution < -0.4 is 11.1 Å². The average molecular weight is 274 g/mol. The molecule has 2 aromatic rings. The molecule has 1 unspecified atom stereocenters. The Bertz CT molecular complexity index is 726. The maximum absolute atomic E-state index is 11.4. The van der Waals surface area contributed by atoms with Crippen molar-refractivity contribution < 1.29 is 5.11 Å². The molecule has 1 aliphatic carbocycles. The second kappa shape index (κ2) is 5.25. The highest BCUT2D eigenvalue weighted by atomic mass is 16.3. The van der Waals surface area contributed by atoms with Crippen LogP contribution in [0.4, 0.5) is 0 Å². The molecular weight excluding hydrogens is 256 g/mol. The van der Waals surface area contributed by atoms with Gasteiger partial charge in [-0.3, -0.25) is 9.59 Å². The van der Waals surface area contributed by atoms with E-state index < -0.39 is 17.2 Å². The summed E-state index contributed by atoms with van der Waals surface area (Å²) in [6.45, 7) is 0. The van der Waals surface area contributed by atoms with Crippen LogP contribution in [0.1, 0.15) is 43.8 Å². The van der Waals surface area contributed by atoms with Crippen molar-refractivity contribution in [1.82, 2.24) is 9.97 Å². The molecule has 0 aliphatic heterocycles. The fraction of sp³-hybridized carbons (Fsp3) is 0.467. The van der Waals surface area contributed by atoms with Crippen molar-refractivity contribution in [2.75, 3.05) is 0 Å². The lowest BCUT2D eigenvalue weighted by molar-refractivity contribution is 0.0849. The van der Waals surface area contributed by atoms with Gasteiger partial charge in [0.1, 0.15) is 0 Å². The average Bonchev–Trinajstić information content (AvgIpc) is 2.48. The Labute approximate surface area is 115 Å². The largest absolute Gasteiger partial charge is 0.388 e. The maximum atomic E-state index is 11.4. The van der Waals surface area contributed by atoms with Gasteiger partial charge >= 0.3 is 11.1 Å². The lowest BCUT2D eigenvalue weighted by Crippen LogP contribution is -2.29. The molecule has 0 spiro atoms. The first-order chi connectivity index (χ1) is 9.65. The lowest BCUT2D eigenvalue weighted by Gasteiger charge is -2.26. The van der Waals surface area contributed by atoms with Gasteiger partial charge in [-0.15, -0.1) is 0 Å². The number of rotatable bonds is 2. The van der Waals surface area contributed by atoms with Crippen molar-refractivity contribution in [3.63, 3.8) is 0 Å². The number of benzene rings is 1. The quantitative estimate of drug-likeness (QED) is 0.730. The summed E-state index contributed by atoms with van der Waals surface area (Å²) in [5.74, 6) is 0.288. The van der Waals surface area contributed by atoms with E-state index in [1.54, 1.807) is 12.1 Å². The molecule has 3 rings (SSSR count). The number of hydrogen-bond acceptors (Lipinski definition) is 3. The number of fused-ring (bicyclic) bond motifs is 1. The van der Waals surface area contributed by atoms with Gasteiger partial charge in [-0.05, 0) is 36.5 Å². The van der Waals surface area contributed by atoms with Crippen LogP contribution >= 0.6 is 0 Å². The highest BCUT2D eigenvalue weighted by molar-refractivity contribution is 5.74.